The van der Waals surface area contributed by atoms with E-state index in [-0.39, 0.29) is 5.69 Å². The topological polar surface area (TPSA) is 61.4 Å². The lowest BCUT2D eigenvalue weighted by molar-refractivity contribution is -0.136. The molecule has 1 fully saturated rings. The molecule has 1 aliphatic heterocycles. The largest absolute Gasteiger partial charge is 0.418 e. The SMILES string of the molecule is O=C(Nc1ccccc1C(F)(F)F)N1CCN(c2ncccn2)CC1. The maximum Gasteiger partial charge on any atom is 0.418 e. The molecule has 0 radical (unpaired) electrons. The van der Waals surface area contributed by atoms with Crippen LogP contribution in [0.25, 0.3) is 0 Å². The van der Waals surface area contributed by atoms with Gasteiger partial charge in [0.2, 0.25) is 5.95 Å². The van der Waals surface area contributed by atoms with Crippen molar-refractivity contribution in [3.05, 3.63) is 48.3 Å². The number of nitrogens with one attached hydrogen (secondary N) is 1. The van der Waals surface area contributed by atoms with E-state index in [0.717, 1.165) is 6.07 Å². The van der Waals surface area contributed by atoms with E-state index in [4.69, 9.17) is 0 Å². The Morgan fingerprint density at radius 1 is 1.00 bits per heavy atom. The number of benzene rings is 1. The fourth-order valence-electron chi connectivity index (χ4n) is 2.60. The highest BCUT2D eigenvalue weighted by atomic mass is 19.4. The van der Waals surface area contributed by atoms with Crippen LogP contribution in [0.5, 0.6) is 0 Å². The number of alkyl halides is 3. The summed E-state index contributed by atoms with van der Waals surface area (Å²) >= 11 is 0. The predicted molar refractivity (Wildman–Crippen MR) is 86.3 cm³/mol. The fourth-order valence-corrected chi connectivity index (χ4v) is 2.60. The zero-order chi connectivity index (χ0) is 17.9. The minimum atomic E-state index is -4.52. The number of aromatic nitrogens is 2. The van der Waals surface area contributed by atoms with Crippen molar-refractivity contribution >= 4 is 17.7 Å². The summed E-state index contributed by atoms with van der Waals surface area (Å²) in [5, 5.41) is 2.36. The van der Waals surface area contributed by atoms with Crippen molar-refractivity contribution in [3.63, 3.8) is 0 Å². The molecule has 1 aromatic heterocycles. The highest BCUT2D eigenvalue weighted by Gasteiger charge is 2.34. The van der Waals surface area contributed by atoms with E-state index in [1.54, 1.807) is 18.5 Å². The summed E-state index contributed by atoms with van der Waals surface area (Å²) in [6, 6.07) is 6.10. The molecular weight excluding hydrogens is 335 g/mol. The van der Waals surface area contributed by atoms with E-state index in [9.17, 15) is 18.0 Å². The first kappa shape index (κ1) is 17.0. The molecular formula is C16H16F3N5O. The van der Waals surface area contributed by atoms with E-state index in [1.807, 2.05) is 4.90 Å². The van der Waals surface area contributed by atoms with Crippen LogP contribution >= 0.6 is 0 Å². The van der Waals surface area contributed by atoms with Crippen molar-refractivity contribution in [2.45, 2.75) is 6.18 Å². The summed E-state index contributed by atoms with van der Waals surface area (Å²) < 4.78 is 39.0. The Morgan fingerprint density at radius 2 is 1.64 bits per heavy atom. The second-order valence-electron chi connectivity index (χ2n) is 5.50. The van der Waals surface area contributed by atoms with Crippen LogP contribution in [0.4, 0.5) is 29.6 Å². The van der Waals surface area contributed by atoms with Crippen molar-refractivity contribution in [2.24, 2.45) is 0 Å². The fraction of sp³-hybridized carbons (Fsp3) is 0.312. The molecule has 0 saturated carbocycles. The molecule has 0 spiro atoms. The van der Waals surface area contributed by atoms with E-state index in [0.29, 0.717) is 32.1 Å². The molecule has 1 aliphatic rings. The molecule has 25 heavy (non-hydrogen) atoms. The number of rotatable bonds is 2. The Labute approximate surface area is 142 Å². The van der Waals surface area contributed by atoms with Crippen LogP contribution in [0.1, 0.15) is 5.56 Å². The summed E-state index contributed by atoms with van der Waals surface area (Å²) in [6.07, 6.45) is -1.25. The number of carbonyl (C=O) groups excluding carboxylic acids is 1. The van der Waals surface area contributed by atoms with Gasteiger partial charge in [0.1, 0.15) is 0 Å². The van der Waals surface area contributed by atoms with Crippen molar-refractivity contribution in [2.75, 3.05) is 36.4 Å². The molecule has 132 valence electrons. The molecule has 0 atom stereocenters. The number of nitrogens with zero attached hydrogens (tertiary/aromatic N) is 4. The Hall–Kier alpha value is -2.84. The maximum atomic E-state index is 13.0. The molecule has 2 amide bonds. The zero-order valence-corrected chi connectivity index (χ0v) is 13.2. The molecule has 9 heteroatoms. The van der Waals surface area contributed by atoms with Crippen LogP contribution in [0.3, 0.4) is 0 Å². The first-order valence-electron chi connectivity index (χ1n) is 7.69. The van der Waals surface area contributed by atoms with Gasteiger partial charge in [0.25, 0.3) is 0 Å². The molecule has 3 rings (SSSR count). The first-order chi connectivity index (χ1) is 11.9. The predicted octanol–water partition coefficient (Wildman–Crippen LogP) is 2.85. The molecule has 1 N–H and O–H groups in total. The highest BCUT2D eigenvalue weighted by Crippen LogP contribution is 2.34. The summed E-state index contributed by atoms with van der Waals surface area (Å²) in [7, 11) is 0. The number of amides is 2. The lowest BCUT2D eigenvalue weighted by Gasteiger charge is -2.34. The van der Waals surface area contributed by atoms with Gasteiger partial charge in [-0.1, -0.05) is 12.1 Å². The lowest BCUT2D eigenvalue weighted by atomic mass is 10.1. The van der Waals surface area contributed by atoms with Crippen molar-refractivity contribution in [3.8, 4) is 0 Å². The van der Waals surface area contributed by atoms with Crippen molar-refractivity contribution in [1.29, 1.82) is 0 Å². The summed E-state index contributed by atoms with van der Waals surface area (Å²) in [5.41, 5.74) is -1.10. The average molecular weight is 351 g/mol. The summed E-state index contributed by atoms with van der Waals surface area (Å²) in [4.78, 5) is 24.0. The number of carbonyl (C=O) groups is 1. The van der Waals surface area contributed by atoms with Crippen molar-refractivity contribution < 1.29 is 18.0 Å². The number of halogens is 3. The highest BCUT2D eigenvalue weighted by molar-refractivity contribution is 5.90. The van der Waals surface area contributed by atoms with Gasteiger partial charge in [0.05, 0.1) is 11.3 Å². The van der Waals surface area contributed by atoms with Gasteiger partial charge >= 0.3 is 12.2 Å². The molecule has 1 aromatic carbocycles. The van der Waals surface area contributed by atoms with Crippen LogP contribution < -0.4 is 10.2 Å². The quantitative estimate of drug-likeness (QED) is 0.904. The van der Waals surface area contributed by atoms with Gasteiger partial charge in [-0.25, -0.2) is 14.8 Å². The lowest BCUT2D eigenvalue weighted by Crippen LogP contribution is -2.50. The van der Waals surface area contributed by atoms with Gasteiger partial charge < -0.3 is 15.1 Å². The standard InChI is InChI=1S/C16H16F3N5O/c17-16(18,19)12-4-1-2-5-13(12)22-15(25)24-10-8-23(9-11-24)14-20-6-3-7-21-14/h1-7H,8-11H2,(H,22,25). The van der Waals surface area contributed by atoms with Gasteiger partial charge in [-0.2, -0.15) is 13.2 Å². The van der Waals surface area contributed by atoms with E-state index < -0.39 is 17.8 Å². The summed E-state index contributed by atoms with van der Waals surface area (Å²) in [5.74, 6) is 0.574. The van der Waals surface area contributed by atoms with Crippen molar-refractivity contribution in [1.82, 2.24) is 14.9 Å². The minimum absolute atomic E-state index is 0.242. The Balaban J connectivity index is 1.63. The van der Waals surface area contributed by atoms with Gasteiger partial charge in [-0.3, -0.25) is 0 Å². The first-order valence-corrected chi connectivity index (χ1v) is 7.69. The molecule has 2 heterocycles. The van der Waals surface area contributed by atoms with E-state index in [1.165, 1.54) is 23.1 Å². The number of urea groups is 1. The van der Waals surface area contributed by atoms with Gasteiger partial charge in [-0.05, 0) is 18.2 Å². The Morgan fingerprint density at radius 3 is 2.28 bits per heavy atom. The number of hydrogen-bond acceptors (Lipinski definition) is 4. The van der Waals surface area contributed by atoms with Crippen LogP contribution in [0.15, 0.2) is 42.7 Å². The number of hydrogen-bond donors (Lipinski definition) is 1. The Bertz CT molecular complexity index is 730. The Kier molecular flexibility index (Phi) is 4.73. The molecule has 0 unspecified atom stereocenters. The number of piperazine rings is 1. The number of anilines is 2. The molecule has 1 saturated heterocycles. The van der Waals surface area contributed by atoms with Gasteiger partial charge in [0.15, 0.2) is 0 Å². The number of para-hydroxylation sites is 1. The van der Waals surface area contributed by atoms with E-state index >= 15 is 0 Å². The monoisotopic (exact) mass is 351 g/mol. The normalized spacial score (nSPS) is 15.2. The third-order valence-electron chi connectivity index (χ3n) is 3.88. The third-order valence-corrected chi connectivity index (χ3v) is 3.88. The zero-order valence-electron chi connectivity index (χ0n) is 13.2. The second-order valence-corrected chi connectivity index (χ2v) is 5.50. The third kappa shape index (κ3) is 3.98. The maximum absolute atomic E-state index is 13.0. The van der Waals surface area contributed by atoms with Gasteiger partial charge in [-0.15, -0.1) is 0 Å². The minimum Gasteiger partial charge on any atom is -0.337 e. The van der Waals surface area contributed by atoms with Crippen LogP contribution in [0, 0.1) is 0 Å². The van der Waals surface area contributed by atoms with Crippen LogP contribution in [-0.2, 0) is 6.18 Å². The average Bonchev–Trinajstić information content (AvgIpc) is 2.62. The molecule has 6 nitrogen and oxygen atoms in total. The second kappa shape index (κ2) is 6.96. The molecule has 0 aliphatic carbocycles. The van der Waals surface area contributed by atoms with Gasteiger partial charge in [0, 0.05) is 38.6 Å². The smallest absolute Gasteiger partial charge is 0.337 e. The van der Waals surface area contributed by atoms with Crippen LogP contribution in [0.2, 0.25) is 0 Å². The molecule has 2 aromatic rings. The summed E-state index contributed by atoms with van der Waals surface area (Å²) in [6.45, 7) is 1.77. The molecule has 0 bridgehead atoms. The van der Waals surface area contributed by atoms with E-state index in [2.05, 4.69) is 15.3 Å². The van der Waals surface area contributed by atoms with Crippen LogP contribution in [-0.4, -0.2) is 47.1 Å².